The first kappa shape index (κ1) is 14.3. The molecule has 2 aromatic carbocycles. The first-order valence-corrected chi connectivity index (χ1v) is 8.03. The average molecular weight is 390 g/mol. The summed E-state index contributed by atoms with van der Waals surface area (Å²) in [6, 6.07) is 16.3. The third kappa shape index (κ3) is 3.32. The van der Waals surface area contributed by atoms with Crippen LogP contribution in [0.15, 0.2) is 52.9 Å². The molecule has 0 saturated carbocycles. The van der Waals surface area contributed by atoms with Crippen LogP contribution in [0.3, 0.4) is 0 Å². The summed E-state index contributed by atoms with van der Waals surface area (Å²) in [4.78, 5) is 0. The van der Waals surface area contributed by atoms with Gasteiger partial charge in [-0.15, -0.1) is 10.2 Å². The van der Waals surface area contributed by atoms with Gasteiger partial charge in [-0.1, -0.05) is 31.5 Å². The van der Waals surface area contributed by atoms with E-state index in [2.05, 4.69) is 51.8 Å². The molecule has 106 valence electrons. The molecule has 3 nitrogen and oxygen atoms in total. The van der Waals surface area contributed by atoms with Crippen LogP contribution in [0, 0.1) is 3.57 Å². The summed E-state index contributed by atoms with van der Waals surface area (Å²) < 4.78 is 6.97. The lowest BCUT2D eigenvalue weighted by atomic mass is 10.1. The van der Waals surface area contributed by atoms with E-state index < -0.39 is 0 Å². The van der Waals surface area contributed by atoms with Gasteiger partial charge >= 0.3 is 0 Å². The van der Waals surface area contributed by atoms with Gasteiger partial charge in [-0.05, 0) is 64.9 Å². The van der Waals surface area contributed by atoms with Gasteiger partial charge in [0.2, 0.25) is 11.8 Å². The highest BCUT2D eigenvalue weighted by Gasteiger charge is 2.11. The maximum Gasteiger partial charge on any atom is 0.248 e. The molecule has 0 aliphatic rings. The van der Waals surface area contributed by atoms with Crippen molar-refractivity contribution >= 4 is 22.6 Å². The SMILES string of the molecule is CCCc1cccc(-c2nnc(-c3cccc(I)c3)o2)c1. The quantitative estimate of drug-likeness (QED) is 0.591. The van der Waals surface area contributed by atoms with E-state index in [4.69, 9.17) is 4.42 Å². The largest absolute Gasteiger partial charge is 0.416 e. The molecule has 0 spiro atoms. The maximum absolute atomic E-state index is 5.82. The normalized spacial score (nSPS) is 10.8. The van der Waals surface area contributed by atoms with Crippen molar-refractivity contribution in [3.63, 3.8) is 0 Å². The summed E-state index contributed by atoms with van der Waals surface area (Å²) in [5, 5.41) is 8.33. The summed E-state index contributed by atoms with van der Waals surface area (Å²) in [6.45, 7) is 2.18. The van der Waals surface area contributed by atoms with Crippen molar-refractivity contribution in [2.75, 3.05) is 0 Å². The molecule has 0 fully saturated rings. The van der Waals surface area contributed by atoms with Crippen molar-refractivity contribution in [3.8, 4) is 22.9 Å². The number of aryl methyl sites for hydroxylation is 1. The van der Waals surface area contributed by atoms with Crippen molar-refractivity contribution in [2.45, 2.75) is 19.8 Å². The second kappa shape index (κ2) is 6.39. The molecule has 0 aliphatic heterocycles. The van der Waals surface area contributed by atoms with Crippen molar-refractivity contribution < 1.29 is 4.42 Å². The Kier molecular flexibility index (Phi) is 4.34. The highest BCUT2D eigenvalue weighted by molar-refractivity contribution is 14.1. The highest BCUT2D eigenvalue weighted by Crippen LogP contribution is 2.25. The molecular weight excluding hydrogens is 375 g/mol. The molecule has 3 rings (SSSR count). The highest BCUT2D eigenvalue weighted by atomic mass is 127. The zero-order valence-electron chi connectivity index (χ0n) is 11.7. The Hall–Kier alpha value is -1.69. The van der Waals surface area contributed by atoms with E-state index in [9.17, 15) is 0 Å². The van der Waals surface area contributed by atoms with Gasteiger partial charge in [0.05, 0.1) is 0 Å². The molecule has 0 saturated heterocycles. The molecule has 0 aliphatic carbocycles. The fourth-order valence-corrected chi connectivity index (χ4v) is 2.77. The van der Waals surface area contributed by atoms with E-state index in [0.29, 0.717) is 11.8 Å². The lowest BCUT2D eigenvalue weighted by Crippen LogP contribution is -1.84. The molecule has 3 aromatic rings. The van der Waals surface area contributed by atoms with Gasteiger partial charge in [0, 0.05) is 14.7 Å². The molecule has 0 unspecified atom stereocenters. The molecule has 1 aromatic heterocycles. The van der Waals surface area contributed by atoms with Gasteiger partial charge in [0.1, 0.15) is 0 Å². The third-order valence-electron chi connectivity index (χ3n) is 3.21. The van der Waals surface area contributed by atoms with Crippen LogP contribution in [0.2, 0.25) is 0 Å². The molecule has 0 radical (unpaired) electrons. The van der Waals surface area contributed by atoms with Crippen LogP contribution < -0.4 is 0 Å². The Bertz CT molecular complexity index is 752. The zero-order valence-corrected chi connectivity index (χ0v) is 13.9. The predicted molar refractivity (Wildman–Crippen MR) is 91.9 cm³/mol. The third-order valence-corrected chi connectivity index (χ3v) is 3.88. The van der Waals surface area contributed by atoms with E-state index in [1.807, 2.05) is 36.4 Å². The lowest BCUT2D eigenvalue weighted by Gasteiger charge is -2.00. The molecule has 21 heavy (non-hydrogen) atoms. The molecule has 1 heterocycles. The number of nitrogens with zero attached hydrogens (tertiary/aromatic N) is 2. The minimum Gasteiger partial charge on any atom is -0.416 e. The Balaban J connectivity index is 1.93. The predicted octanol–water partition coefficient (Wildman–Crippen LogP) is 4.96. The number of hydrogen-bond donors (Lipinski definition) is 0. The first-order chi connectivity index (χ1) is 10.3. The van der Waals surface area contributed by atoms with E-state index >= 15 is 0 Å². The topological polar surface area (TPSA) is 38.9 Å². The summed E-state index contributed by atoms with van der Waals surface area (Å²) >= 11 is 2.27. The Morgan fingerprint density at radius 3 is 2.29 bits per heavy atom. The van der Waals surface area contributed by atoms with Crippen LogP contribution >= 0.6 is 22.6 Å². The summed E-state index contributed by atoms with van der Waals surface area (Å²) in [6.07, 6.45) is 2.19. The van der Waals surface area contributed by atoms with Gasteiger partial charge < -0.3 is 4.42 Å². The number of hydrogen-bond acceptors (Lipinski definition) is 3. The molecule has 0 bridgehead atoms. The number of rotatable bonds is 4. The molecule has 0 amide bonds. The fraction of sp³-hybridized carbons (Fsp3) is 0.176. The lowest BCUT2D eigenvalue weighted by molar-refractivity contribution is 0.584. The van der Waals surface area contributed by atoms with Crippen LogP contribution in [0.4, 0.5) is 0 Å². The fourth-order valence-electron chi connectivity index (χ4n) is 2.23. The monoisotopic (exact) mass is 390 g/mol. The van der Waals surface area contributed by atoms with Crippen LogP contribution in [0.1, 0.15) is 18.9 Å². The number of halogens is 1. The van der Waals surface area contributed by atoms with Gasteiger partial charge in [-0.2, -0.15) is 0 Å². The Labute approximate surface area is 137 Å². The molecule has 4 heteroatoms. The number of benzene rings is 2. The smallest absolute Gasteiger partial charge is 0.248 e. The van der Waals surface area contributed by atoms with Crippen molar-refractivity contribution in [1.29, 1.82) is 0 Å². The van der Waals surface area contributed by atoms with Gasteiger partial charge in [0.15, 0.2) is 0 Å². The molecular formula is C17H15IN2O. The zero-order chi connectivity index (χ0) is 14.7. The molecule has 0 N–H and O–H groups in total. The van der Waals surface area contributed by atoms with Crippen LogP contribution in [-0.2, 0) is 6.42 Å². The summed E-state index contributed by atoms with van der Waals surface area (Å²) in [7, 11) is 0. The van der Waals surface area contributed by atoms with E-state index in [0.717, 1.165) is 27.5 Å². The van der Waals surface area contributed by atoms with Crippen LogP contribution in [0.5, 0.6) is 0 Å². The van der Waals surface area contributed by atoms with Crippen molar-refractivity contribution in [3.05, 3.63) is 57.7 Å². The molecule has 0 atom stereocenters. The van der Waals surface area contributed by atoms with Crippen LogP contribution in [-0.4, -0.2) is 10.2 Å². The Morgan fingerprint density at radius 1 is 0.952 bits per heavy atom. The van der Waals surface area contributed by atoms with E-state index in [1.165, 1.54) is 5.56 Å². The summed E-state index contributed by atoms with van der Waals surface area (Å²) in [5.74, 6) is 1.13. The second-order valence-electron chi connectivity index (χ2n) is 4.87. The van der Waals surface area contributed by atoms with Gasteiger partial charge in [0.25, 0.3) is 0 Å². The van der Waals surface area contributed by atoms with Crippen LogP contribution in [0.25, 0.3) is 22.9 Å². The number of aromatic nitrogens is 2. The van der Waals surface area contributed by atoms with Gasteiger partial charge in [-0.25, -0.2) is 0 Å². The maximum atomic E-state index is 5.82. The van der Waals surface area contributed by atoms with Crippen molar-refractivity contribution in [1.82, 2.24) is 10.2 Å². The van der Waals surface area contributed by atoms with E-state index in [-0.39, 0.29) is 0 Å². The van der Waals surface area contributed by atoms with Crippen molar-refractivity contribution in [2.24, 2.45) is 0 Å². The van der Waals surface area contributed by atoms with Gasteiger partial charge in [-0.3, -0.25) is 0 Å². The standard InChI is InChI=1S/C17H15IN2O/c1-2-5-12-6-3-7-13(10-12)16-19-20-17(21-16)14-8-4-9-15(18)11-14/h3-4,6-11H,2,5H2,1H3. The minimum atomic E-state index is 0.560. The average Bonchev–Trinajstić information content (AvgIpc) is 2.98. The summed E-state index contributed by atoms with van der Waals surface area (Å²) in [5.41, 5.74) is 3.22. The van der Waals surface area contributed by atoms with E-state index in [1.54, 1.807) is 0 Å². The first-order valence-electron chi connectivity index (χ1n) is 6.95. The Morgan fingerprint density at radius 2 is 1.62 bits per heavy atom. The minimum absolute atomic E-state index is 0.560. The second-order valence-corrected chi connectivity index (χ2v) is 6.12.